The Morgan fingerprint density at radius 3 is 2.35 bits per heavy atom. The van der Waals surface area contributed by atoms with Crippen molar-refractivity contribution in [3.63, 3.8) is 0 Å². The van der Waals surface area contributed by atoms with Gasteiger partial charge in [-0.25, -0.2) is 0 Å². The van der Waals surface area contributed by atoms with Crippen LogP contribution < -0.4 is 0 Å². The average molecular weight is 239 g/mol. The highest BCUT2D eigenvalue weighted by atomic mass is 16.6. The van der Waals surface area contributed by atoms with Crippen LogP contribution in [0.1, 0.15) is 57.6 Å². The zero-order valence-electron chi connectivity index (χ0n) is 10.5. The lowest BCUT2D eigenvalue weighted by atomic mass is 10.1. The van der Waals surface area contributed by atoms with Crippen molar-refractivity contribution >= 4 is 5.88 Å². The molecule has 1 heterocycles. The average Bonchev–Trinajstić information content (AvgIpc) is 2.77. The molecule has 0 atom stereocenters. The second-order valence-corrected chi connectivity index (χ2v) is 4.37. The van der Waals surface area contributed by atoms with E-state index in [2.05, 4.69) is 6.92 Å². The number of furan rings is 1. The molecule has 17 heavy (non-hydrogen) atoms. The van der Waals surface area contributed by atoms with Crippen LogP contribution in [-0.2, 0) is 6.42 Å². The lowest BCUT2D eigenvalue weighted by Gasteiger charge is -1.99. The van der Waals surface area contributed by atoms with E-state index in [9.17, 15) is 10.1 Å². The van der Waals surface area contributed by atoms with Crippen LogP contribution in [0.3, 0.4) is 0 Å². The fourth-order valence-electron chi connectivity index (χ4n) is 1.86. The van der Waals surface area contributed by atoms with Gasteiger partial charge in [0.25, 0.3) is 0 Å². The molecule has 1 aromatic rings. The van der Waals surface area contributed by atoms with Crippen LogP contribution in [0, 0.1) is 10.1 Å². The molecule has 0 spiro atoms. The van der Waals surface area contributed by atoms with Crippen molar-refractivity contribution in [1.82, 2.24) is 0 Å². The lowest BCUT2D eigenvalue weighted by Crippen LogP contribution is -1.85. The van der Waals surface area contributed by atoms with E-state index < -0.39 is 4.92 Å². The molecule has 0 radical (unpaired) electrons. The molecular weight excluding hydrogens is 218 g/mol. The zero-order chi connectivity index (χ0) is 12.5. The first kappa shape index (κ1) is 13.7. The van der Waals surface area contributed by atoms with Crippen LogP contribution in [0.4, 0.5) is 5.88 Å². The predicted molar refractivity (Wildman–Crippen MR) is 67.1 cm³/mol. The van der Waals surface area contributed by atoms with E-state index in [0.29, 0.717) is 0 Å². The third-order valence-electron chi connectivity index (χ3n) is 2.85. The van der Waals surface area contributed by atoms with Gasteiger partial charge < -0.3 is 4.42 Å². The van der Waals surface area contributed by atoms with Crippen LogP contribution in [0.2, 0.25) is 0 Å². The number of nitrogens with zero attached hydrogens (tertiary/aromatic N) is 1. The lowest BCUT2D eigenvalue weighted by molar-refractivity contribution is -0.402. The molecule has 0 aromatic carbocycles. The molecule has 0 aliphatic rings. The maximum atomic E-state index is 10.4. The van der Waals surface area contributed by atoms with Gasteiger partial charge in [0.05, 0.1) is 6.07 Å². The minimum Gasteiger partial charge on any atom is -0.406 e. The maximum absolute atomic E-state index is 10.4. The minimum absolute atomic E-state index is 0.150. The third-order valence-corrected chi connectivity index (χ3v) is 2.85. The van der Waals surface area contributed by atoms with Crippen molar-refractivity contribution in [2.45, 2.75) is 58.3 Å². The number of rotatable bonds is 9. The third kappa shape index (κ3) is 5.52. The first-order chi connectivity index (χ1) is 8.24. The van der Waals surface area contributed by atoms with E-state index in [1.807, 2.05) is 0 Å². The highest BCUT2D eigenvalue weighted by molar-refractivity contribution is 5.17. The predicted octanol–water partition coefficient (Wildman–Crippen LogP) is 4.48. The number of aryl methyl sites for hydroxylation is 1. The monoisotopic (exact) mass is 239 g/mol. The molecular formula is C13H21NO3. The molecule has 0 fully saturated rings. The summed E-state index contributed by atoms with van der Waals surface area (Å²) in [5.74, 6) is 0.577. The van der Waals surface area contributed by atoms with Gasteiger partial charge in [-0.2, -0.15) is 0 Å². The van der Waals surface area contributed by atoms with Gasteiger partial charge in [-0.05, 0) is 12.5 Å². The van der Waals surface area contributed by atoms with E-state index >= 15 is 0 Å². The van der Waals surface area contributed by atoms with Crippen LogP contribution in [-0.4, -0.2) is 4.92 Å². The van der Waals surface area contributed by atoms with Crippen molar-refractivity contribution in [1.29, 1.82) is 0 Å². The summed E-state index contributed by atoms with van der Waals surface area (Å²) in [4.78, 5) is 9.91. The number of hydrogen-bond donors (Lipinski definition) is 0. The Hall–Kier alpha value is -1.32. The molecule has 1 rings (SSSR count). The highest BCUT2D eigenvalue weighted by Crippen LogP contribution is 2.18. The Kier molecular flexibility index (Phi) is 6.37. The maximum Gasteiger partial charge on any atom is 0.433 e. The Balaban J connectivity index is 2.07. The fraction of sp³-hybridized carbons (Fsp3) is 0.692. The van der Waals surface area contributed by atoms with Crippen LogP contribution >= 0.6 is 0 Å². The van der Waals surface area contributed by atoms with Gasteiger partial charge >= 0.3 is 5.88 Å². The molecule has 0 aliphatic heterocycles. The number of hydrogen-bond acceptors (Lipinski definition) is 3. The summed E-state index contributed by atoms with van der Waals surface area (Å²) in [6.45, 7) is 2.21. The van der Waals surface area contributed by atoms with Crippen LogP contribution in [0.5, 0.6) is 0 Å². The highest BCUT2D eigenvalue weighted by Gasteiger charge is 2.10. The Morgan fingerprint density at radius 1 is 1.12 bits per heavy atom. The number of nitro groups is 1. The van der Waals surface area contributed by atoms with E-state index in [1.54, 1.807) is 6.07 Å². The standard InChI is InChI=1S/C13H21NO3/c1-2-3-4-5-6-7-8-9-12-10-11-13(17-12)14(15)16/h10-11H,2-9H2,1H3. The van der Waals surface area contributed by atoms with Gasteiger partial charge in [0.2, 0.25) is 0 Å². The van der Waals surface area contributed by atoms with Crippen molar-refractivity contribution in [2.24, 2.45) is 0 Å². The fourth-order valence-corrected chi connectivity index (χ4v) is 1.86. The van der Waals surface area contributed by atoms with Gasteiger partial charge in [-0.1, -0.05) is 45.4 Å². The second kappa shape index (κ2) is 7.87. The largest absolute Gasteiger partial charge is 0.433 e. The van der Waals surface area contributed by atoms with E-state index in [4.69, 9.17) is 4.42 Å². The second-order valence-electron chi connectivity index (χ2n) is 4.37. The number of unbranched alkanes of at least 4 members (excludes halogenated alkanes) is 6. The summed E-state index contributed by atoms with van der Waals surface area (Å²) in [7, 11) is 0. The zero-order valence-corrected chi connectivity index (χ0v) is 10.5. The molecule has 0 bridgehead atoms. The Labute approximate surface area is 102 Å². The quantitative estimate of drug-likeness (QED) is 0.362. The Bertz CT molecular complexity index is 333. The summed E-state index contributed by atoms with van der Waals surface area (Å²) >= 11 is 0. The minimum atomic E-state index is -0.492. The molecule has 1 aromatic heterocycles. The smallest absolute Gasteiger partial charge is 0.406 e. The van der Waals surface area contributed by atoms with Gasteiger partial charge in [0.15, 0.2) is 0 Å². The van der Waals surface area contributed by atoms with Crippen molar-refractivity contribution < 1.29 is 9.34 Å². The Morgan fingerprint density at radius 2 is 1.76 bits per heavy atom. The molecule has 4 heteroatoms. The summed E-state index contributed by atoms with van der Waals surface area (Å²) in [5.41, 5.74) is 0. The molecule has 4 nitrogen and oxygen atoms in total. The van der Waals surface area contributed by atoms with Gasteiger partial charge in [0, 0.05) is 6.42 Å². The van der Waals surface area contributed by atoms with Gasteiger partial charge in [-0.15, -0.1) is 0 Å². The van der Waals surface area contributed by atoms with Crippen LogP contribution in [0.15, 0.2) is 16.5 Å². The summed E-state index contributed by atoms with van der Waals surface area (Å²) < 4.78 is 5.09. The van der Waals surface area contributed by atoms with Crippen molar-refractivity contribution in [3.8, 4) is 0 Å². The summed E-state index contributed by atoms with van der Waals surface area (Å²) in [6, 6.07) is 3.13. The van der Waals surface area contributed by atoms with Gasteiger partial charge in [-0.3, -0.25) is 10.1 Å². The van der Waals surface area contributed by atoms with Gasteiger partial charge in [0.1, 0.15) is 10.7 Å². The molecule has 96 valence electrons. The molecule has 0 amide bonds. The first-order valence-electron chi connectivity index (χ1n) is 6.47. The molecule has 0 saturated carbocycles. The van der Waals surface area contributed by atoms with E-state index in [0.717, 1.165) is 18.6 Å². The molecule has 0 aliphatic carbocycles. The van der Waals surface area contributed by atoms with Crippen molar-refractivity contribution in [2.75, 3.05) is 0 Å². The van der Waals surface area contributed by atoms with Crippen molar-refractivity contribution in [3.05, 3.63) is 28.0 Å². The normalized spacial score (nSPS) is 10.6. The first-order valence-corrected chi connectivity index (χ1v) is 6.47. The van der Waals surface area contributed by atoms with E-state index in [1.165, 1.54) is 44.6 Å². The molecule has 0 saturated heterocycles. The topological polar surface area (TPSA) is 56.3 Å². The summed E-state index contributed by atoms with van der Waals surface area (Å²) in [5, 5.41) is 10.4. The SMILES string of the molecule is CCCCCCCCCc1ccc([N+](=O)[O-])o1. The van der Waals surface area contributed by atoms with Crippen LogP contribution in [0.25, 0.3) is 0 Å². The summed E-state index contributed by atoms with van der Waals surface area (Å²) in [6.07, 6.45) is 9.51. The molecule has 0 N–H and O–H groups in total. The van der Waals surface area contributed by atoms with E-state index in [-0.39, 0.29) is 5.88 Å². The molecule has 0 unspecified atom stereocenters.